The SMILES string of the molecule is Fc1ccc([CH]CC(F)F)cc1Cl. The first-order valence-corrected chi connectivity index (χ1v) is 4.04. The molecule has 1 aromatic carbocycles. The molecule has 0 bridgehead atoms. The van der Waals surface area contributed by atoms with Crippen molar-refractivity contribution in [1.82, 2.24) is 0 Å². The number of halogens is 4. The fourth-order valence-electron chi connectivity index (χ4n) is 0.865. The Hall–Kier alpha value is -0.700. The van der Waals surface area contributed by atoms with Crippen molar-refractivity contribution in [2.24, 2.45) is 0 Å². The average Bonchev–Trinajstić information content (AvgIpc) is 2.07. The normalized spacial score (nSPS) is 10.8. The molecule has 0 N–H and O–H groups in total. The van der Waals surface area contributed by atoms with Gasteiger partial charge < -0.3 is 0 Å². The smallest absolute Gasteiger partial charge is 0.211 e. The summed E-state index contributed by atoms with van der Waals surface area (Å²) in [6.45, 7) is 0. The van der Waals surface area contributed by atoms with Crippen molar-refractivity contribution < 1.29 is 13.2 Å². The Morgan fingerprint density at radius 3 is 2.62 bits per heavy atom. The lowest BCUT2D eigenvalue weighted by molar-refractivity contribution is 0.148. The molecule has 0 aliphatic carbocycles. The van der Waals surface area contributed by atoms with Gasteiger partial charge in [0.25, 0.3) is 0 Å². The standard InChI is InChI=1S/C9H7ClF3/c10-7-5-6(1-3-8(7)11)2-4-9(12)13/h1-3,5,9H,4H2. The molecule has 0 atom stereocenters. The van der Waals surface area contributed by atoms with Crippen molar-refractivity contribution in [3.05, 3.63) is 41.0 Å². The lowest BCUT2D eigenvalue weighted by atomic mass is 10.1. The van der Waals surface area contributed by atoms with Crippen molar-refractivity contribution in [3.63, 3.8) is 0 Å². The highest BCUT2D eigenvalue weighted by atomic mass is 35.5. The van der Waals surface area contributed by atoms with E-state index >= 15 is 0 Å². The molecule has 1 aromatic rings. The highest BCUT2D eigenvalue weighted by Crippen LogP contribution is 2.18. The van der Waals surface area contributed by atoms with E-state index in [2.05, 4.69) is 0 Å². The van der Waals surface area contributed by atoms with Gasteiger partial charge in [-0.3, -0.25) is 0 Å². The molecule has 13 heavy (non-hydrogen) atoms. The maximum absolute atomic E-state index is 12.6. The summed E-state index contributed by atoms with van der Waals surface area (Å²) in [7, 11) is 0. The molecule has 0 saturated heterocycles. The van der Waals surface area contributed by atoms with E-state index in [0.29, 0.717) is 5.56 Å². The number of hydrogen-bond acceptors (Lipinski definition) is 0. The van der Waals surface area contributed by atoms with Crippen LogP contribution in [0.4, 0.5) is 13.2 Å². The summed E-state index contributed by atoms with van der Waals surface area (Å²) in [4.78, 5) is 0. The Labute approximate surface area is 79.3 Å². The van der Waals surface area contributed by atoms with Crippen molar-refractivity contribution >= 4 is 11.6 Å². The van der Waals surface area contributed by atoms with Crippen molar-refractivity contribution in [2.45, 2.75) is 12.8 Å². The average molecular weight is 208 g/mol. The molecule has 0 saturated carbocycles. The van der Waals surface area contributed by atoms with E-state index in [9.17, 15) is 13.2 Å². The van der Waals surface area contributed by atoms with Gasteiger partial charge in [-0.1, -0.05) is 17.7 Å². The van der Waals surface area contributed by atoms with Gasteiger partial charge in [0.1, 0.15) is 5.82 Å². The topological polar surface area (TPSA) is 0 Å². The Morgan fingerprint density at radius 2 is 2.08 bits per heavy atom. The fraction of sp³-hybridized carbons (Fsp3) is 0.222. The first kappa shape index (κ1) is 10.4. The first-order chi connectivity index (χ1) is 6.09. The molecule has 1 rings (SSSR count). The molecule has 0 aromatic heterocycles. The zero-order chi connectivity index (χ0) is 9.84. The van der Waals surface area contributed by atoms with E-state index in [1.54, 1.807) is 0 Å². The van der Waals surface area contributed by atoms with Gasteiger partial charge >= 0.3 is 0 Å². The van der Waals surface area contributed by atoms with Gasteiger partial charge in [0, 0.05) is 6.42 Å². The van der Waals surface area contributed by atoms with Gasteiger partial charge in [0.15, 0.2) is 0 Å². The second-order valence-electron chi connectivity index (χ2n) is 2.50. The number of alkyl halides is 2. The van der Waals surface area contributed by atoms with Crippen LogP contribution in [0, 0.1) is 12.2 Å². The highest BCUT2D eigenvalue weighted by Gasteiger charge is 2.05. The summed E-state index contributed by atoms with van der Waals surface area (Å²) < 4.78 is 36.1. The van der Waals surface area contributed by atoms with E-state index in [1.807, 2.05) is 0 Å². The maximum Gasteiger partial charge on any atom is 0.239 e. The molecule has 0 heterocycles. The monoisotopic (exact) mass is 207 g/mol. The van der Waals surface area contributed by atoms with Crippen LogP contribution in [0.1, 0.15) is 12.0 Å². The largest absolute Gasteiger partial charge is 0.239 e. The fourth-order valence-corrected chi connectivity index (χ4v) is 1.05. The number of benzene rings is 1. The van der Waals surface area contributed by atoms with Crippen LogP contribution < -0.4 is 0 Å². The van der Waals surface area contributed by atoms with Gasteiger partial charge in [0.2, 0.25) is 6.43 Å². The molecule has 0 aliphatic heterocycles. The maximum atomic E-state index is 12.6. The van der Waals surface area contributed by atoms with Crippen LogP contribution >= 0.6 is 11.6 Å². The third-order valence-electron chi connectivity index (χ3n) is 1.48. The van der Waals surface area contributed by atoms with Crippen molar-refractivity contribution in [2.75, 3.05) is 0 Å². The van der Waals surface area contributed by atoms with Crippen LogP contribution in [0.25, 0.3) is 0 Å². The van der Waals surface area contributed by atoms with Gasteiger partial charge in [-0.15, -0.1) is 0 Å². The van der Waals surface area contributed by atoms with Gasteiger partial charge in [-0.2, -0.15) is 0 Å². The van der Waals surface area contributed by atoms with E-state index in [4.69, 9.17) is 11.6 Å². The van der Waals surface area contributed by atoms with E-state index in [1.165, 1.54) is 18.6 Å². The predicted octanol–water partition coefficient (Wildman–Crippen LogP) is 3.69. The molecule has 1 radical (unpaired) electrons. The zero-order valence-corrected chi connectivity index (χ0v) is 7.36. The molecule has 0 unspecified atom stereocenters. The lowest BCUT2D eigenvalue weighted by Crippen LogP contribution is -1.92. The molecule has 71 valence electrons. The summed E-state index contributed by atoms with van der Waals surface area (Å²) in [5.41, 5.74) is 0.506. The van der Waals surface area contributed by atoms with E-state index < -0.39 is 12.2 Å². The molecule has 0 nitrogen and oxygen atoms in total. The van der Waals surface area contributed by atoms with Gasteiger partial charge in [-0.25, -0.2) is 13.2 Å². The highest BCUT2D eigenvalue weighted by molar-refractivity contribution is 6.30. The third-order valence-corrected chi connectivity index (χ3v) is 1.77. The Morgan fingerprint density at radius 1 is 1.38 bits per heavy atom. The Bertz CT molecular complexity index is 286. The lowest BCUT2D eigenvalue weighted by Gasteiger charge is -2.01. The molecule has 0 aliphatic rings. The number of rotatable bonds is 3. The summed E-state index contributed by atoms with van der Waals surface area (Å²) >= 11 is 5.45. The van der Waals surface area contributed by atoms with Crippen LogP contribution in [0.15, 0.2) is 18.2 Å². The van der Waals surface area contributed by atoms with E-state index in [-0.39, 0.29) is 11.4 Å². The minimum atomic E-state index is -2.39. The van der Waals surface area contributed by atoms with Crippen LogP contribution in [-0.4, -0.2) is 6.43 Å². The predicted molar refractivity (Wildman–Crippen MR) is 45.4 cm³/mol. The second-order valence-corrected chi connectivity index (χ2v) is 2.91. The van der Waals surface area contributed by atoms with E-state index in [0.717, 1.165) is 6.07 Å². The van der Waals surface area contributed by atoms with Crippen molar-refractivity contribution in [3.8, 4) is 0 Å². The summed E-state index contributed by atoms with van der Waals surface area (Å²) in [5.74, 6) is -0.545. The van der Waals surface area contributed by atoms with Gasteiger partial charge in [-0.05, 0) is 24.1 Å². The minimum absolute atomic E-state index is 0.0528. The molecular formula is C9H7ClF3. The zero-order valence-electron chi connectivity index (χ0n) is 6.61. The number of hydrogen-bond donors (Lipinski definition) is 0. The van der Waals surface area contributed by atoms with Crippen molar-refractivity contribution in [1.29, 1.82) is 0 Å². The second kappa shape index (κ2) is 4.51. The third kappa shape index (κ3) is 3.27. The van der Waals surface area contributed by atoms with Crippen LogP contribution in [-0.2, 0) is 0 Å². The molecular weight excluding hydrogens is 201 g/mol. The van der Waals surface area contributed by atoms with Crippen LogP contribution in [0.5, 0.6) is 0 Å². The summed E-state index contributed by atoms with van der Waals surface area (Å²) in [5, 5.41) is -0.0528. The van der Waals surface area contributed by atoms with Gasteiger partial charge in [0.05, 0.1) is 5.02 Å². The quantitative estimate of drug-likeness (QED) is 0.709. The van der Waals surface area contributed by atoms with Crippen LogP contribution in [0.3, 0.4) is 0 Å². The molecule has 0 amide bonds. The first-order valence-electron chi connectivity index (χ1n) is 3.66. The molecule has 0 fully saturated rings. The van der Waals surface area contributed by atoms with Crippen LogP contribution in [0.2, 0.25) is 5.02 Å². The Kier molecular flexibility index (Phi) is 3.60. The molecule has 4 heteroatoms. The molecule has 0 spiro atoms. The summed E-state index contributed by atoms with van der Waals surface area (Å²) in [6.07, 6.45) is -1.42. The summed E-state index contributed by atoms with van der Waals surface area (Å²) in [6, 6.07) is 3.88. The minimum Gasteiger partial charge on any atom is -0.211 e. The Balaban J connectivity index is 2.63.